The fourth-order valence-electron chi connectivity index (χ4n) is 2.11. The van der Waals surface area contributed by atoms with E-state index in [0.29, 0.717) is 6.04 Å². The molecular formula is C16H25NO2. The molecule has 0 radical (unpaired) electrons. The fraction of sp³-hybridized carbons (Fsp3) is 0.562. The fourth-order valence-corrected chi connectivity index (χ4v) is 2.11. The van der Waals surface area contributed by atoms with Gasteiger partial charge in [0.1, 0.15) is 0 Å². The van der Waals surface area contributed by atoms with E-state index in [2.05, 4.69) is 39.6 Å². The van der Waals surface area contributed by atoms with E-state index in [9.17, 15) is 4.79 Å². The number of aliphatic carboxylic acids is 1. The van der Waals surface area contributed by atoms with Gasteiger partial charge in [-0.3, -0.25) is 9.69 Å². The molecule has 19 heavy (non-hydrogen) atoms. The monoisotopic (exact) mass is 263 g/mol. The summed E-state index contributed by atoms with van der Waals surface area (Å²) in [6.45, 7) is 9.65. The van der Waals surface area contributed by atoms with Crippen LogP contribution in [0, 0.1) is 5.41 Å². The lowest BCUT2D eigenvalue weighted by Gasteiger charge is -2.35. The van der Waals surface area contributed by atoms with Crippen LogP contribution in [0.25, 0.3) is 0 Å². The standard InChI is InChI=1S/C16H25NO2/c1-12(16(2,3)4)17(5)11-14-9-7-6-8-13(14)10-15(18)19/h6-9,12H,10-11H2,1-5H3,(H,18,19). The molecule has 1 unspecified atom stereocenters. The van der Waals surface area contributed by atoms with Crippen molar-refractivity contribution in [1.82, 2.24) is 4.90 Å². The smallest absolute Gasteiger partial charge is 0.307 e. The minimum atomic E-state index is -0.779. The van der Waals surface area contributed by atoms with E-state index in [1.807, 2.05) is 24.3 Å². The maximum Gasteiger partial charge on any atom is 0.307 e. The number of carbonyl (C=O) groups is 1. The molecular weight excluding hydrogens is 238 g/mol. The number of benzene rings is 1. The molecule has 0 spiro atoms. The van der Waals surface area contributed by atoms with Gasteiger partial charge in [-0.15, -0.1) is 0 Å². The Morgan fingerprint density at radius 2 is 1.79 bits per heavy atom. The van der Waals surface area contributed by atoms with E-state index in [1.54, 1.807) is 0 Å². The summed E-state index contributed by atoms with van der Waals surface area (Å²) in [5, 5.41) is 8.95. The van der Waals surface area contributed by atoms with E-state index in [4.69, 9.17) is 5.11 Å². The number of hydrogen-bond donors (Lipinski definition) is 1. The molecule has 0 amide bonds. The van der Waals surface area contributed by atoms with Gasteiger partial charge in [-0.25, -0.2) is 0 Å². The van der Waals surface area contributed by atoms with Crippen molar-refractivity contribution < 1.29 is 9.90 Å². The van der Waals surface area contributed by atoms with Gasteiger partial charge in [0.15, 0.2) is 0 Å². The molecule has 3 nitrogen and oxygen atoms in total. The van der Waals surface area contributed by atoms with Crippen LogP contribution < -0.4 is 0 Å². The summed E-state index contributed by atoms with van der Waals surface area (Å²) < 4.78 is 0. The molecule has 0 heterocycles. The number of nitrogens with zero attached hydrogens (tertiary/aromatic N) is 1. The number of rotatable bonds is 5. The summed E-state index contributed by atoms with van der Waals surface area (Å²) >= 11 is 0. The third-order valence-electron chi connectivity index (χ3n) is 3.79. The third kappa shape index (κ3) is 4.67. The summed E-state index contributed by atoms with van der Waals surface area (Å²) in [6.07, 6.45) is 0.0912. The second kappa shape index (κ2) is 6.20. The zero-order valence-corrected chi connectivity index (χ0v) is 12.6. The quantitative estimate of drug-likeness (QED) is 0.887. The Balaban J connectivity index is 2.84. The average Bonchev–Trinajstić information content (AvgIpc) is 2.28. The summed E-state index contributed by atoms with van der Waals surface area (Å²) in [5.41, 5.74) is 2.21. The van der Waals surface area contributed by atoms with Gasteiger partial charge in [-0.1, -0.05) is 45.0 Å². The molecule has 0 saturated heterocycles. The first-order valence-electron chi connectivity index (χ1n) is 6.70. The van der Waals surface area contributed by atoms with Crippen LogP contribution in [0.4, 0.5) is 0 Å². The third-order valence-corrected chi connectivity index (χ3v) is 3.79. The van der Waals surface area contributed by atoms with Gasteiger partial charge in [-0.2, -0.15) is 0 Å². The van der Waals surface area contributed by atoms with Crippen LogP contribution in [0.5, 0.6) is 0 Å². The topological polar surface area (TPSA) is 40.5 Å². The van der Waals surface area contributed by atoms with E-state index in [-0.39, 0.29) is 11.8 Å². The largest absolute Gasteiger partial charge is 0.481 e. The van der Waals surface area contributed by atoms with Crippen molar-refractivity contribution >= 4 is 5.97 Å². The Bertz CT molecular complexity index is 435. The number of carboxylic acid groups (broad SMARTS) is 1. The summed E-state index contributed by atoms with van der Waals surface area (Å²) in [7, 11) is 2.09. The van der Waals surface area contributed by atoms with Crippen LogP contribution >= 0.6 is 0 Å². The van der Waals surface area contributed by atoms with Gasteiger partial charge in [0.25, 0.3) is 0 Å². The average molecular weight is 263 g/mol. The number of carboxylic acids is 1. The van der Waals surface area contributed by atoms with Crippen molar-refractivity contribution in [2.24, 2.45) is 5.41 Å². The first kappa shape index (κ1) is 15.7. The van der Waals surface area contributed by atoms with E-state index < -0.39 is 5.97 Å². The Hall–Kier alpha value is -1.35. The number of hydrogen-bond acceptors (Lipinski definition) is 2. The minimum Gasteiger partial charge on any atom is -0.481 e. The summed E-state index contributed by atoms with van der Waals surface area (Å²) in [6, 6.07) is 8.21. The molecule has 0 bridgehead atoms. The minimum absolute atomic E-state index is 0.0912. The van der Waals surface area contributed by atoms with Crippen LogP contribution in [0.1, 0.15) is 38.8 Å². The van der Waals surface area contributed by atoms with Crippen LogP contribution in [0.2, 0.25) is 0 Å². The lowest BCUT2D eigenvalue weighted by molar-refractivity contribution is -0.136. The van der Waals surface area contributed by atoms with Crippen LogP contribution in [0.15, 0.2) is 24.3 Å². The van der Waals surface area contributed by atoms with Crippen LogP contribution in [-0.4, -0.2) is 29.1 Å². The Morgan fingerprint density at radius 1 is 1.26 bits per heavy atom. The summed E-state index contributed by atoms with van der Waals surface area (Å²) in [4.78, 5) is 13.2. The highest BCUT2D eigenvalue weighted by Crippen LogP contribution is 2.24. The molecule has 0 aromatic heterocycles. The van der Waals surface area contributed by atoms with Gasteiger partial charge in [0.05, 0.1) is 6.42 Å². The molecule has 0 saturated carbocycles. The van der Waals surface area contributed by atoms with E-state index in [0.717, 1.165) is 17.7 Å². The van der Waals surface area contributed by atoms with Crippen LogP contribution in [-0.2, 0) is 17.8 Å². The second-order valence-corrected chi connectivity index (χ2v) is 6.30. The lowest BCUT2D eigenvalue weighted by Crippen LogP contribution is -2.39. The normalized spacial score (nSPS) is 13.6. The van der Waals surface area contributed by atoms with E-state index >= 15 is 0 Å². The molecule has 0 aliphatic heterocycles. The Kier molecular flexibility index (Phi) is 5.12. The van der Waals surface area contributed by atoms with Crippen molar-refractivity contribution in [3.05, 3.63) is 35.4 Å². The van der Waals surface area contributed by atoms with Gasteiger partial charge in [0, 0.05) is 12.6 Å². The molecule has 1 rings (SSSR count). The van der Waals surface area contributed by atoms with Crippen molar-refractivity contribution in [2.45, 2.75) is 46.7 Å². The summed E-state index contributed by atoms with van der Waals surface area (Å²) in [5.74, 6) is -0.779. The molecule has 1 aromatic rings. The van der Waals surface area contributed by atoms with Gasteiger partial charge < -0.3 is 5.11 Å². The van der Waals surface area contributed by atoms with Crippen molar-refractivity contribution in [3.8, 4) is 0 Å². The highest BCUT2D eigenvalue weighted by Gasteiger charge is 2.24. The molecule has 3 heteroatoms. The zero-order valence-electron chi connectivity index (χ0n) is 12.6. The predicted octanol–water partition coefficient (Wildman–Crippen LogP) is 3.18. The SMILES string of the molecule is CC(N(C)Cc1ccccc1CC(=O)O)C(C)(C)C. The van der Waals surface area contributed by atoms with Gasteiger partial charge in [0.2, 0.25) is 0 Å². The molecule has 1 N–H and O–H groups in total. The second-order valence-electron chi connectivity index (χ2n) is 6.30. The lowest BCUT2D eigenvalue weighted by atomic mass is 9.87. The highest BCUT2D eigenvalue weighted by atomic mass is 16.4. The zero-order chi connectivity index (χ0) is 14.6. The molecule has 1 aromatic carbocycles. The van der Waals surface area contributed by atoms with Crippen LogP contribution in [0.3, 0.4) is 0 Å². The van der Waals surface area contributed by atoms with Crippen molar-refractivity contribution in [2.75, 3.05) is 7.05 Å². The van der Waals surface area contributed by atoms with Gasteiger partial charge >= 0.3 is 5.97 Å². The Morgan fingerprint density at radius 3 is 2.26 bits per heavy atom. The molecule has 0 fully saturated rings. The maximum absolute atomic E-state index is 10.9. The molecule has 106 valence electrons. The first-order chi connectivity index (χ1) is 8.71. The molecule has 0 aliphatic rings. The first-order valence-corrected chi connectivity index (χ1v) is 6.70. The highest BCUT2D eigenvalue weighted by molar-refractivity contribution is 5.70. The molecule has 0 aliphatic carbocycles. The predicted molar refractivity (Wildman–Crippen MR) is 78.2 cm³/mol. The maximum atomic E-state index is 10.9. The van der Waals surface area contributed by atoms with Crippen molar-refractivity contribution in [3.63, 3.8) is 0 Å². The van der Waals surface area contributed by atoms with E-state index in [1.165, 1.54) is 0 Å². The van der Waals surface area contributed by atoms with Gasteiger partial charge in [-0.05, 0) is 30.5 Å². The van der Waals surface area contributed by atoms with Crippen molar-refractivity contribution in [1.29, 1.82) is 0 Å². The Labute approximate surface area is 116 Å². The molecule has 1 atom stereocenters.